The number of hydrogen-bond acceptors (Lipinski definition) is 2. The molecule has 2 aliphatic carbocycles. The molecular formula is C12H20O2. The highest BCUT2D eigenvalue weighted by molar-refractivity contribution is 5.18. The van der Waals surface area contributed by atoms with Crippen LogP contribution in [0.4, 0.5) is 0 Å². The summed E-state index contributed by atoms with van der Waals surface area (Å²) in [5.74, 6) is 0.384. The third-order valence-corrected chi connectivity index (χ3v) is 4.37. The molecule has 0 aromatic heterocycles. The fourth-order valence-corrected chi connectivity index (χ4v) is 3.24. The molecular weight excluding hydrogens is 176 g/mol. The standard InChI is InChI=1S/C12H20O2/c1-8-6-7-11(14)12(2)9(8)4-3-5-10(12)13/h6,9-11,13-14H,3-5,7H2,1-2H3/t9-,10+,11+,12+/m0/s1. The Balaban J connectivity index is 2.36. The van der Waals surface area contributed by atoms with Gasteiger partial charge in [0.25, 0.3) is 0 Å². The van der Waals surface area contributed by atoms with Crippen molar-refractivity contribution in [3.8, 4) is 0 Å². The zero-order valence-electron chi connectivity index (χ0n) is 9.03. The van der Waals surface area contributed by atoms with E-state index < -0.39 is 0 Å². The summed E-state index contributed by atoms with van der Waals surface area (Å²) in [6.45, 7) is 4.18. The molecule has 2 aliphatic rings. The number of aliphatic hydroxyl groups excluding tert-OH is 2. The molecule has 0 aromatic carbocycles. The van der Waals surface area contributed by atoms with Crippen LogP contribution in [-0.4, -0.2) is 22.4 Å². The Hall–Kier alpha value is -0.340. The zero-order valence-corrected chi connectivity index (χ0v) is 9.03. The molecule has 0 spiro atoms. The Morgan fingerprint density at radius 2 is 2.00 bits per heavy atom. The van der Waals surface area contributed by atoms with Crippen LogP contribution >= 0.6 is 0 Å². The second kappa shape index (κ2) is 3.35. The van der Waals surface area contributed by atoms with Gasteiger partial charge in [-0.3, -0.25) is 0 Å². The summed E-state index contributed by atoms with van der Waals surface area (Å²) >= 11 is 0. The molecule has 2 N–H and O–H groups in total. The minimum absolute atomic E-state index is 0.295. The highest BCUT2D eigenvalue weighted by Crippen LogP contribution is 2.50. The molecule has 2 heteroatoms. The second-order valence-corrected chi connectivity index (χ2v) is 5.06. The third kappa shape index (κ3) is 1.24. The highest BCUT2D eigenvalue weighted by atomic mass is 16.3. The Morgan fingerprint density at radius 1 is 1.29 bits per heavy atom. The Labute approximate surface area is 85.6 Å². The SMILES string of the molecule is CC1=CC[C@@H](O)[C@@]2(C)[C@H](O)CCC[C@@H]12. The fourth-order valence-electron chi connectivity index (χ4n) is 3.24. The summed E-state index contributed by atoms with van der Waals surface area (Å²) in [7, 11) is 0. The maximum atomic E-state index is 10.1. The van der Waals surface area contributed by atoms with Crippen molar-refractivity contribution in [1.82, 2.24) is 0 Å². The van der Waals surface area contributed by atoms with Gasteiger partial charge >= 0.3 is 0 Å². The molecule has 2 nitrogen and oxygen atoms in total. The molecule has 1 fully saturated rings. The van der Waals surface area contributed by atoms with Gasteiger partial charge in [-0.1, -0.05) is 25.0 Å². The minimum Gasteiger partial charge on any atom is -0.392 e. The van der Waals surface area contributed by atoms with Gasteiger partial charge in [0.05, 0.1) is 12.2 Å². The number of allylic oxidation sites excluding steroid dienone is 1. The van der Waals surface area contributed by atoms with Gasteiger partial charge in [0.15, 0.2) is 0 Å². The lowest BCUT2D eigenvalue weighted by Crippen LogP contribution is -2.52. The quantitative estimate of drug-likeness (QED) is 0.581. The molecule has 0 aromatic rings. The van der Waals surface area contributed by atoms with Crippen molar-refractivity contribution in [2.75, 3.05) is 0 Å². The first kappa shape index (κ1) is 10.2. The maximum Gasteiger partial charge on any atom is 0.0658 e. The summed E-state index contributed by atoms with van der Waals surface area (Å²) in [6.07, 6.45) is 5.18. The van der Waals surface area contributed by atoms with E-state index in [1.54, 1.807) is 0 Å². The van der Waals surface area contributed by atoms with Crippen LogP contribution < -0.4 is 0 Å². The molecule has 0 heterocycles. The van der Waals surface area contributed by atoms with Crippen molar-refractivity contribution in [3.63, 3.8) is 0 Å². The van der Waals surface area contributed by atoms with Gasteiger partial charge in [0.1, 0.15) is 0 Å². The van der Waals surface area contributed by atoms with Crippen LogP contribution in [0.25, 0.3) is 0 Å². The molecule has 0 amide bonds. The van der Waals surface area contributed by atoms with Crippen LogP contribution in [0, 0.1) is 11.3 Å². The van der Waals surface area contributed by atoms with Crippen LogP contribution in [0.5, 0.6) is 0 Å². The summed E-state index contributed by atoms with van der Waals surface area (Å²) in [5, 5.41) is 20.1. The predicted molar refractivity (Wildman–Crippen MR) is 55.8 cm³/mol. The van der Waals surface area contributed by atoms with Gasteiger partial charge in [-0.25, -0.2) is 0 Å². The second-order valence-electron chi connectivity index (χ2n) is 5.06. The molecule has 14 heavy (non-hydrogen) atoms. The molecule has 80 valence electrons. The normalized spacial score (nSPS) is 48.3. The first-order chi connectivity index (χ1) is 6.56. The fraction of sp³-hybridized carbons (Fsp3) is 0.833. The Bertz CT molecular complexity index is 259. The van der Waals surface area contributed by atoms with Crippen LogP contribution in [0.2, 0.25) is 0 Å². The number of aliphatic hydroxyl groups is 2. The lowest BCUT2D eigenvalue weighted by molar-refractivity contribution is -0.112. The topological polar surface area (TPSA) is 40.5 Å². The van der Waals surface area contributed by atoms with E-state index in [9.17, 15) is 10.2 Å². The minimum atomic E-state index is -0.369. The van der Waals surface area contributed by atoms with E-state index in [4.69, 9.17) is 0 Å². The summed E-state index contributed by atoms with van der Waals surface area (Å²) < 4.78 is 0. The van der Waals surface area contributed by atoms with E-state index >= 15 is 0 Å². The maximum absolute atomic E-state index is 10.1. The Kier molecular flexibility index (Phi) is 2.44. The summed E-state index contributed by atoms with van der Waals surface area (Å²) in [5.41, 5.74) is 1.06. The van der Waals surface area contributed by atoms with Gasteiger partial charge in [-0.15, -0.1) is 0 Å². The first-order valence-electron chi connectivity index (χ1n) is 5.59. The average Bonchev–Trinajstić information content (AvgIpc) is 2.16. The van der Waals surface area contributed by atoms with Crippen molar-refractivity contribution in [2.24, 2.45) is 11.3 Å². The van der Waals surface area contributed by atoms with Crippen molar-refractivity contribution in [3.05, 3.63) is 11.6 Å². The van der Waals surface area contributed by atoms with Gasteiger partial charge in [0.2, 0.25) is 0 Å². The smallest absolute Gasteiger partial charge is 0.0658 e. The Morgan fingerprint density at radius 3 is 2.64 bits per heavy atom. The summed E-state index contributed by atoms with van der Waals surface area (Å²) in [4.78, 5) is 0. The van der Waals surface area contributed by atoms with Gasteiger partial charge < -0.3 is 10.2 Å². The highest BCUT2D eigenvalue weighted by Gasteiger charge is 2.50. The molecule has 0 aliphatic heterocycles. The summed E-state index contributed by atoms with van der Waals surface area (Å²) in [6, 6.07) is 0. The molecule has 0 saturated heterocycles. The number of rotatable bonds is 0. The number of hydrogen-bond donors (Lipinski definition) is 2. The molecule has 2 rings (SSSR count). The van der Waals surface area contributed by atoms with E-state index in [0.29, 0.717) is 12.3 Å². The van der Waals surface area contributed by atoms with Gasteiger partial charge in [0, 0.05) is 5.41 Å². The van der Waals surface area contributed by atoms with E-state index in [1.807, 2.05) is 6.92 Å². The van der Waals surface area contributed by atoms with Crippen LogP contribution in [0.3, 0.4) is 0 Å². The third-order valence-electron chi connectivity index (χ3n) is 4.37. The predicted octanol–water partition coefficient (Wildman–Crippen LogP) is 1.86. The first-order valence-corrected chi connectivity index (χ1v) is 5.59. The van der Waals surface area contributed by atoms with Crippen molar-refractivity contribution < 1.29 is 10.2 Å². The molecule has 4 atom stereocenters. The van der Waals surface area contributed by atoms with Crippen LogP contribution in [0.1, 0.15) is 39.5 Å². The van der Waals surface area contributed by atoms with Crippen LogP contribution in [0.15, 0.2) is 11.6 Å². The lowest BCUT2D eigenvalue weighted by atomic mass is 9.57. The van der Waals surface area contributed by atoms with Crippen molar-refractivity contribution >= 4 is 0 Å². The van der Waals surface area contributed by atoms with E-state index in [-0.39, 0.29) is 17.6 Å². The van der Waals surface area contributed by atoms with Crippen molar-refractivity contribution in [1.29, 1.82) is 0 Å². The van der Waals surface area contributed by atoms with E-state index in [0.717, 1.165) is 19.3 Å². The van der Waals surface area contributed by atoms with E-state index in [1.165, 1.54) is 5.57 Å². The zero-order chi connectivity index (χ0) is 10.3. The molecule has 1 saturated carbocycles. The molecule has 0 unspecified atom stereocenters. The molecule has 0 radical (unpaired) electrons. The lowest BCUT2D eigenvalue weighted by Gasteiger charge is -2.50. The monoisotopic (exact) mass is 196 g/mol. The van der Waals surface area contributed by atoms with Gasteiger partial charge in [-0.2, -0.15) is 0 Å². The van der Waals surface area contributed by atoms with Gasteiger partial charge in [-0.05, 0) is 32.1 Å². The number of fused-ring (bicyclic) bond motifs is 1. The largest absolute Gasteiger partial charge is 0.392 e. The van der Waals surface area contributed by atoms with E-state index in [2.05, 4.69) is 13.0 Å². The average molecular weight is 196 g/mol. The molecule has 0 bridgehead atoms. The van der Waals surface area contributed by atoms with Crippen LogP contribution in [-0.2, 0) is 0 Å². The van der Waals surface area contributed by atoms with Crippen molar-refractivity contribution in [2.45, 2.75) is 51.7 Å².